The molecule has 0 atom stereocenters. The average molecular weight is 381 g/mol. The van der Waals surface area contributed by atoms with Crippen molar-refractivity contribution >= 4 is 56.5 Å². The fourth-order valence-corrected chi connectivity index (χ4v) is 3.67. The van der Waals surface area contributed by atoms with Gasteiger partial charge < -0.3 is 5.32 Å². The molecule has 0 saturated heterocycles. The second-order valence-corrected chi connectivity index (χ2v) is 7.24. The third-order valence-corrected chi connectivity index (χ3v) is 4.74. The Balaban J connectivity index is 1.59. The number of aromatic nitrogens is 2. The van der Waals surface area contributed by atoms with Crippen LogP contribution in [0.1, 0.15) is 5.01 Å². The number of carbonyl (C=O) groups is 1. The zero-order chi connectivity index (χ0) is 17.1. The smallest absolute Gasteiger partial charge is 0.239 e. The molecule has 5 nitrogen and oxygen atoms in total. The van der Waals surface area contributed by atoms with Crippen molar-refractivity contribution in [3.05, 3.63) is 51.6 Å². The van der Waals surface area contributed by atoms with Crippen molar-refractivity contribution in [3.8, 4) is 0 Å². The number of halogens is 2. The molecular formula is C16H14Cl2N4OS. The van der Waals surface area contributed by atoms with E-state index in [9.17, 15) is 4.79 Å². The maximum atomic E-state index is 12.1. The van der Waals surface area contributed by atoms with Crippen LogP contribution in [-0.4, -0.2) is 34.4 Å². The number of para-hydroxylation sites is 1. The summed E-state index contributed by atoms with van der Waals surface area (Å²) in [4.78, 5) is 22.6. The van der Waals surface area contributed by atoms with Crippen LogP contribution in [0, 0.1) is 0 Å². The molecule has 0 aliphatic rings. The summed E-state index contributed by atoms with van der Waals surface area (Å²) in [5.74, 6) is 0.106. The fourth-order valence-electron chi connectivity index (χ4n) is 2.20. The van der Waals surface area contributed by atoms with Gasteiger partial charge in [-0.1, -0.05) is 35.3 Å². The van der Waals surface area contributed by atoms with Crippen molar-refractivity contribution in [2.75, 3.05) is 18.9 Å². The molecule has 0 saturated carbocycles. The summed E-state index contributed by atoms with van der Waals surface area (Å²) >= 11 is 13.4. The van der Waals surface area contributed by atoms with Crippen molar-refractivity contribution in [2.24, 2.45) is 0 Å². The highest BCUT2D eigenvalue weighted by molar-refractivity contribution is 7.18. The molecule has 124 valence electrons. The number of rotatable bonds is 5. The SMILES string of the molecule is CN(CC(=O)Nc1ncc(Cl)cc1Cl)Cc1nc2ccccc2s1. The number of nitrogens with one attached hydrogen (secondary N) is 1. The molecule has 3 aromatic rings. The molecule has 0 bridgehead atoms. The predicted molar refractivity (Wildman–Crippen MR) is 98.8 cm³/mol. The van der Waals surface area contributed by atoms with Gasteiger partial charge in [0.25, 0.3) is 0 Å². The van der Waals surface area contributed by atoms with E-state index in [1.165, 1.54) is 12.3 Å². The van der Waals surface area contributed by atoms with E-state index in [0.29, 0.717) is 22.4 Å². The molecule has 2 aromatic heterocycles. The van der Waals surface area contributed by atoms with Crippen molar-refractivity contribution < 1.29 is 4.79 Å². The Labute approximate surface area is 153 Å². The van der Waals surface area contributed by atoms with Crippen LogP contribution in [0.15, 0.2) is 36.5 Å². The molecule has 0 radical (unpaired) electrons. The Morgan fingerprint density at radius 2 is 2.12 bits per heavy atom. The Morgan fingerprint density at radius 1 is 1.33 bits per heavy atom. The first kappa shape index (κ1) is 17.1. The van der Waals surface area contributed by atoms with Crippen LogP contribution in [-0.2, 0) is 11.3 Å². The minimum atomic E-state index is -0.199. The predicted octanol–water partition coefficient (Wildman–Crippen LogP) is 4.07. The first-order valence-electron chi connectivity index (χ1n) is 7.15. The summed E-state index contributed by atoms with van der Waals surface area (Å²) in [6, 6.07) is 9.51. The summed E-state index contributed by atoms with van der Waals surface area (Å²) in [7, 11) is 1.86. The van der Waals surface area contributed by atoms with Crippen molar-refractivity contribution in [1.82, 2.24) is 14.9 Å². The maximum absolute atomic E-state index is 12.1. The number of nitrogens with zero attached hydrogens (tertiary/aromatic N) is 3. The number of fused-ring (bicyclic) bond motifs is 1. The quantitative estimate of drug-likeness (QED) is 0.724. The normalized spacial score (nSPS) is 11.2. The van der Waals surface area contributed by atoms with Crippen LogP contribution >= 0.6 is 34.5 Å². The zero-order valence-electron chi connectivity index (χ0n) is 12.8. The Bertz CT molecular complexity index is 850. The van der Waals surface area contributed by atoms with E-state index in [2.05, 4.69) is 15.3 Å². The van der Waals surface area contributed by atoms with Gasteiger partial charge in [-0.25, -0.2) is 9.97 Å². The number of pyridine rings is 1. The largest absolute Gasteiger partial charge is 0.308 e. The van der Waals surface area contributed by atoms with E-state index >= 15 is 0 Å². The second kappa shape index (κ2) is 7.44. The minimum Gasteiger partial charge on any atom is -0.308 e. The van der Waals surface area contributed by atoms with Crippen LogP contribution in [0.3, 0.4) is 0 Å². The van der Waals surface area contributed by atoms with Gasteiger partial charge in [-0.3, -0.25) is 9.69 Å². The lowest BCUT2D eigenvalue weighted by atomic mass is 10.3. The molecule has 0 fully saturated rings. The Kier molecular flexibility index (Phi) is 5.30. The monoisotopic (exact) mass is 380 g/mol. The lowest BCUT2D eigenvalue weighted by molar-refractivity contribution is -0.117. The van der Waals surface area contributed by atoms with Crippen LogP contribution in [0.4, 0.5) is 5.82 Å². The summed E-state index contributed by atoms with van der Waals surface area (Å²) in [6.07, 6.45) is 1.44. The molecule has 0 aliphatic heterocycles. The van der Waals surface area contributed by atoms with Gasteiger partial charge in [-0.2, -0.15) is 0 Å². The zero-order valence-corrected chi connectivity index (χ0v) is 15.1. The van der Waals surface area contributed by atoms with Gasteiger partial charge >= 0.3 is 0 Å². The summed E-state index contributed by atoms with van der Waals surface area (Å²) < 4.78 is 1.14. The molecule has 1 N–H and O–H groups in total. The number of likely N-dealkylation sites (N-methyl/N-ethyl adjacent to an activating group) is 1. The Morgan fingerprint density at radius 3 is 2.88 bits per heavy atom. The van der Waals surface area contributed by atoms with E-state index in [0.717, 1.165) is 15.2 Å². The molecule has 1 amide bonds. The number of hydrogen-bond acceptors (Lipinski definition) is 5. The molecule has 0 spiro atoms. The highest BCUT2D eigenvalue weighted by Crippen LogP contribution is 2.23. The average Bonchev–Trinajstić information content (AvgIpc) is 2.91. The molecule has 8 heteroatoms. The van der Waals surface area contributed by atoms with Crippen molar-refractivity contribution in [2.45, 2.75) is 6.54 Å². The van der Waals surface area contributed by atoms with E-state index in [1.54, 1.807) is 11.3 Å². The molecule has 3 rings (SSSR count). The van der Waals surface area contributed by atoms with E-state index in [4.69, 9.17) is 23.2 Å². The number of amides is 1. The first-order valence-corrected chi connectivity index (χ1v) is 8.72. The number of thiazole rings is 1. The number of carbonyl (C=O) groups excluding carboxylic acids is 1. The van der Waals surface area contributed by atoms with Gasteiger partial charge in [-0.05, 0) is 25.2 Å². The molecular weight excluding hydrogens is 367 g/mol. The maximum Gasteiger partial charge on any atom is 0.239 e. The lowest BCUT2D eigenvalue weighted by Gasteiger charge is -2.14. The molecule has 24 heavy (non-hydrogen) atoms. The van der Waals surface area contributed by atoms with Crippen LogP contribution in [0.2, 0.25) is 10.0 Å². The molecule has 0 unspecified atom stereocenters. The van der Waals surface area contributed by atoms with Gasteiger partial charge in [0.15, 0.2) is 5.82 Å². The van der Waals surface area contributed by atoms with E-state index in [1.807, 2.05) is 36.2 Å². The number of anilines is 1. The van der Waals surface area contributed by atoms with Crippen molar-refractivity contribution in [3.63, 3.8) is 0 Å². The summed E-state index contributed by atoms with van der Waals surface area (Å²) in [6.45, 7) is 0.797. The Hall–Kier alpha value is -1.73. The first-order chi connectivity index (χ1) is 11.5. The highest BCUT2D eigenvalue weighted by atomic mass is 35.5. The molecule has 0 aliphatic carbocycles. The lowest BCUT2D eigenvalue weighted by Crippen LogP contribution is -2.30. The molecule has 2 heterocycles. The summed E-state index contributed by atoms with van der Waals surface area (Å²) in [5.41, 5.74) is 0.979. The van der Waals surface area contributed by atoms with Crippen molar-refractivity contribution in [1.29, 1.82) is 0 Å². The minimum absolute atomic E-state index is 0.199. The van der Waals surface area contributed by atoms with Gasteiger partial charge in [-0.15, -0.1) is 11.3 Å². The van der Waals surface area contributed by atoms with Gasteiger partial charge in [0.2, 0.25) is 5.91 Å². The number of benzene rings is 1. The van der Waals surface area contributed by atoms with Crippen LogP contribution < -0.4 is 5.32 Å². The third kappa shape index (κ3) is 4.21. The third-order valence-electron chi connectivity index (χ3n) is 3.22. The fraction of sp³-hybridized carbons (Fsp3) is 0.188. The highest BCUT2D eigenvalue weighted by Gasteiger charge is 2.12. The second-order valence-electron chi connectivity index (χ2n) is 5.28. The van der Waals surface area contributed by atoms with E-state index < -0.39 is 0 Å². The van der Waals surface area contributed by atoms with Gasteiger partial charge in [0.1, 0.15) is 5.01 Å². The van der Waals surface area contributed by atoms with Gasteiger partial charge in [0, 0.05) is 6.20 Å². The van der Waals surface area contributed by atoms with Crippen LogP contribution in [0.25, 0.3) is 10.2 Å². The standard InChI is InChI=1S/C16H14Cl2N4OS/c1-22(9-15-20-12-4-2-3-5-13(12)24-15)8-14(23)21-16-11(18)6-10(17)7-19-16/h2-7H,8-9H2,1H3,(H,19,21,23). The topological polar surface area (TPSA) is 58.1 Å². The number of hydrogen-bond donors (Lipinski definition) is 1. The van der Waals surface area contributed by atoms with E-state index in [-0.39, 0.29) is 12.5 Å². The van der Waals surface area contributed by atoms with Crippen LogP contribution in [0.5, 0.6) is 0 Å². The summed E-state index contributed by atoms with van der Waals surface area (Å²) in [5, 5.41) is 4.38. The molecule has 1 aromatic carbocycles. The van der Waals surface area contributed by atoms with Gasteiger partial charge in [0.05, 0.1) is 33.4 Å².